The molecule has 0 bridgehead atoms. The second kappa shape index (κ2) is 1.80. The Hall–Kier alpha value is -1.38. The molecule has 0 fully saturated rings. The summed E-state index contributed by atoms with van der Waals surface area (Å²) < 4.78 is 0. The summed E-state index contributed by atoms with van der Waals surface area (Å²) in [6.07, 6.45) is 7.51. The number of hydrogen-bond donors (Lipinski definition) is 1. The zero-order valence-corrected chi connectivity index (χ0v) is 5.24. The molecule has 49 valence electrons. The highest BCUT2D eigenvalue weighted by molar-refractivity contribution is 6.10. The van der Waals surface area contributed by atoms with Crippen molar-refractivity contribution >= 4 is 11.7 Å². The Bertz CT molecular complexity index is 263. The molecule has 0 spiro atoms. The van der Waals surface area contributed by atoms with Crippen molar-refractivity contribution in [3.63, 3.8) is 0 Å². The summed E-state index contributed by atoms with van der Waals surface area (Å²) in [7, 11) is 0. The molecule has 1 radical (unpaired) electrons. The average molecular weight is 134 g/mol. The highest BCUT2D eigenvalue weighted by Gasteiger charge is 2.33. The van der Waals surface area contributed by atoms with Crippen LogP contribution in [0.3, 0.4) is 0 Å². The molecule has 1 atom stereocenters. The molecule has 1 N–H and O–H groups in total. The van der Waals surface area contributed by atoms with Gasteiger partial charge in [-0.3, -0.25) is 0 Å². The Kier molecular flexibility index (Phi) is 0.974. The molecule has 0 saturated carbocycles. The van der Waals surface area contributed by atoms with Gasteiger partial charge in [0.15, 0.2) is 6.04 Å². The van der Waals surface area contributed by atoms with Crippen LogP contribution < -0.4 is 10.3 Å². The molecule has 1 aliphatic carbocycles. The van der Waals surface area contributed by atoms with E-state index in [-0.39, 0.29) is 12.1 Å². The smallest absolute Gasteiger partial charge is 0.220 e. The zero-order chi connectivity index (χ0) is 6.97. The van der Waals surface area contributed by atoms with E-state index in [1.165, 1.54) is 0 Å². The van der Waals surface area contributed by atoms with Crippen molar-refractivity contribution in [1.29, 1.82) is 0 Å². The number of hydrogen-bond acceptors (Lipinski definition) is 1. The Labute approximate surface area is 58.1 Å². The summed E-state index contributed by atoms with van der Waals surface area (Å²) >= 11 is 0. The van der Waals surface area contributed by atoms with E-state index in [0.717, 1.165) is 5.71 Å². The number of urea groups is 1. The van der Waals surface area contributed by atoms with Gasteiger partial charge in [-0.05, 0) is 17.1 Å². The van der Waals surface area contributed by atoms with Crippen LogP contribution in [0, 0.1) is 0 Å². The van der Waals surface area contributed by atoms with Gasteiger partial charge in [0.2, 0.25) is 5.71 Å². The maximum absolute atomic E-state index is 10.6. The number of aliphatic imine (C=N–C) groups is 1. The van der Waals surface area contributed by atoms with E-state index >= 15 is 0 Å². The van der Waals surface area contributed by atoms with E-state index < -0.39 is 0 Å². The van der Waals surface area contributed by atoms with Crippen molar-refractivity contribution in [1.82, 2.24) is 10.3 Å². The van der Waals surface area contributed by atoms with Crippen molar-refractivity contribution in [2.24, 2.45) is 0 Å². The fourth-order valence-electron chi connectivity index (χ4n) is 1.04. The third-order valence-electron chi connectivity index (χ3n) is 1.51. The Balaban J connectivity index is 2.37. The van der Waals surface area contributed by atoms with E-state index in [9.17, 15) is 4.79 Å². The first-order chi connectivity index (χ1) is 4.86. The lowest BCUT2D eigenvalue weighted by Gasteiger charge is -1.98. The number of nitrogens with zero attached hydrogens (tertiary/aromatic N) is 1. The van der Waals surface area contributed by atoms with E-state index in [1.807, 2.05) is 24.3 Å². The molecule has 0 aromatic heterocycles. The predicted octanol–water partition coefficient (Wildman–Crippen LogP) is -0.0190. The van der Waals surface area contributed by atoms with Crippen molar-refractivity contribution in [2.45, 2.75) is 6.04 Å². The zero-order valence-electron chi connectivity index (χ0n) is 5.24. The molecule has 3 nitrogen and oxygen atoms in total. The minimum Gasteiger partial charge on any atom is -0.220 e. The number of rotatable bonds is 0. The summed E-state index contributed by atoms with van der Waals surface area (Å²) in [5.41, 5.74) is 0.813. The molecule has 2 aliphatic rings. The highest BCUT2D eigenvalue weighted by atomic mass is 16.2. The topological polar surface area (TPSA) is 43.2 Å². The summed E-state index contributed by atoms with van der Waals surface area (Å²) in [5.74, 6) is 0. The van der Waals surface area contributed by atoms with Crippen LogP contribution in [0.4, 0.5) is 4.79 Å². The molecule has 2 amide bonds. The molecule has 3 heteroatoms. The number of amides is 2. The van der Waals surface area contributed by atoms with Gasteiger partial charge in [0.05, 0.1) is 0 Å². The fourth-order valence-corrected chi connectivity index (χ4v) is 1.04. The van der Waals surface area contributed by atoms with Crippen molar-refractivity contribution in [3.05, 3.63) is 24.3 Å². The fraction of sp³-hybridized carbons (Fsp3) is 0.143. The molecular weight excluding hydrogens is 128 g/mol. The Morgan fingerprint density at radius 3 is 3.20 bits per heavy atom. The van der Waals surface area contributed by atoms with E-state index in [0.29, 0.717) is 0 Å². The van der Waals surface area contributed by atoms with Gasteiger partial charge in [0.1, 0.15) is 0 Å². The van der Waals surface area contributed by atoms with Gasteiger partial charge in [-0.25, -0.2) is 5.32 Å². The molecule has 1 heterocycles. The van der Waals surface area contributed by atoms with Gasteiger partial charge in [-0.2, -0.15) is 4.79 Å². The minimum atomic E-state index is -0.240. The molecule has 10 heavy (non-hydrogen) atoms. The Morgan fingerprint density at radius 1 is 1.50 bits per heavy atom. The van der Waals surface area contributed by atoms with Crippen LogP contribution in [-0.4, -0.2) is 17.8 Å². The third-order valence-corrected chi connectivity index (χ3v) is 1.51. The Morgan fingerprint density at radius 2 is 2.40 bits per heavy atom. The maximum atomic E-state index is 10.6. The second-order valence-corrected chi connectivity index (χ2v) is 2.21. The van der Waals surface area contributed by atoms with Gasteiger partial charge in [0.25, 0.3) is 0 Å². The standard InChI is InChI=1S/C7H6N2O/c10-7-8-5-3-1-2-4-6(5)9-7/h1-5H,(H,8,10)/q+1. The monoisotopic (exact) mass is 134 g/mol. The van der Waals surface area contributed by atoms with Crippen LogP contribution in [0.25, 0.3) is 0 Å². The first-order valence-corrected chi connectivity index (χ1v) is 3.10. The van der Waals surface area contributed by atoms with Crippen LogP contribution in [0.15, 0.2) is 24.3 Å². The van der Waals surface area contributed by atoms with Gasteiger partial charge in [-0.15, -0.1) is 0 Å². The van der Waals surface area contributed by atoms with Crippen LogP contribution in [0.1, 0.15) is 0 Å². The summed E-state index contributed by atoms with van der Waals surface area (Å²) in [5, 5.41) is 2.68. The lowest BCUT2D eigenvalue weighted by atomic mass is 10.1. The average Bonchev–Trinajstić information content (AvgIpc) is 2.27. The van der Waals surface area contributed by atoms with Gasteiger partial charge >= 0.3 is 6.03 Å². The van der Waals surface area contributed by atoms with E-state index in [4.69, 9.17) is 0 Å². The predicted molar refractivity (Wildman–Crippen MR) is 37.7 cm³/mol. The third kappa shape index (κ3) is 0.673. The molecule has 0 aromatic carbocycles. The van der Waals surface area contributed by atoms with Crippen molar-refractivity contribution in [3.8, 4) is 0 Å². The lowest BCUT2D eigenvalue weighted by Crippen LogP contribution is -2.29. The number of nitrogens with one attached hydrogen (secondary N) is 1. The highest BCUT2D eigenvalue weighted by Crippen LogP contribution is 2.02. The summed E-state index contributed by atoms with van der Waals surface area (Å²) in [6, 6.07) is -0.214. The summed E-state index contributed by atoms with van der Waals surface area (Å²) in [6.45, 7) is 0. The number of fused-ring (bicyclic) bond motifs is 1. The van der Waals surface area contributed by atoms with Gasteiger partial charge < -0.3 is 0 Å². The maximum Gasteiger partial charge on any atom is 0.533 e. The number of carbonyl (C=O) groups is 1. The normalized spacial score (nSPS) is 27.8. The molecule has 0 aromatic rings. The van der Waals surface area contributed by atoms with E-state index in [1.54, 1.807) is 0 Å². The number of allylic oxidation sites excluding steroid dienone is 2. The SMILES string of the molecule is O=C1[N+]=C2C=CC=CC2N1. The first kappa shape index (κ1) is 5.41. The van der Waals surface area contributed by atoms with E-state index in [2.05, 4.69) is 10.3 Å². The second-order valence-electron chi connectivity index (χ2n) is 2.21. The summed E-state index contributed by atoms with van der Waals surface area (Å²) in [4.78, 5) is 14.4. The van der Waals surface area contributed by atoms with Gasteiger partial charge in [-0.1, -0.05) is 12.2 Å². The van der Waals surface area contributed by atoms with Crippen LogP contribution in [0.5, 0.6) is 0 Å². The first-order valence-electron chi connectivity index (χ1n) is 3.10. The van der Waals surface area contributed by atoms with Crippen molar-refractivity contribution in [2.75, 3.05) is 0 Å². The molecule has 0 saturated heterocycles. The lowest BCUT2D eigenvalue weighted by molar-refractivity contribution is 0.248. The largest absolute Gasteiger partial charge is 0.533 e. The molecule has 1 aliphatic heterocycles. The molecule has 2 rings (SSSR count). The molecule has 1 unspecified atom stereocenters. The quantitative estimate of drug-likeness (QED) is 0.497. The van der Waals surface area contributed by atoms with Crippen LogP contribution in [0.2, 0.25) is 0 Å². The van der Waals surface area contributed by atoms with Crippen molar-refractivity contribution < 1.29 is 4.79 Å². The molecular formula is C7H6N2O+. The van der Waals surface area contributed by atoms with Crippen LogP contribution >= 0.6 is 0 Å². The van der Waals surface area contributed by atoms with Crippen LogP contribution in [-0.2, 0) is 0 Å². The van der Waals surface area contributed by atoms with Gasteiger partial charge in [0, 0.05) is 0 Å². The minimum absolute atomic E-state index is 0.0255. The number of carbonyl (C=O) groups excluding carboxylic acids is 1.